The largest absolute Gasteiger partial charge is 0.296 e. The summed E-state index contributed by atoms with van der Waals surface area (Å²) in [5.74, 6) is 0.878. The highest BCUT2D eigenvalue weighted by Crippen LogP contribution is 2.16. The highest BCUT2D eigenvalue weighted by Gasteiger charge is 2.21. The number of halogens is 1. The second kappa shape index (κ2) is 4.98. The highest BCUT2D eigenvalue weighted by molar-refractivity contribution is 6.31. The zero-order valence-corrected chi connectivity index (χ0v) is 10.2. The van der Waals surface area contributed by atoms with Crippen molar-refractivity contribution in [2.45, 2.75) is 13.3 Å². The molecule has 0 amide bonds. The second-order valence-corrected chi connectivity index (χ2v) is 5.00. The van der Waals surface area contributed by atoms with Gasteiger partial charge in [0.25, 0.3) is 0 Å². The molecule has 86 valence electrons. The number of hydrogen-bond acceptors (Lipinski definition) is 2. The number of carbonyl (C=O) groups excluding carboxylic acids is 1. The fourth-order valence-electron chi connectivity index (χ4n) is 2.13. The van der Waals surface area contributed by atoms with Crippen molar-refractivity contribution in [3.05, 3.63) is 34.9 Å². The molecule has 1 unspecified atom stereocenters. The Morgan fingerprint density at radius 2 is 2.38 bits per heavy atom. The van der Waals surface area contributed by atoms with Crippen molar-refractivity contribution >= 4 is 17.4 Å². The van der Waals surface area contributed by atoms with Gasteiger partial charge >= 0.3 is 0 Å². The summed E-state index contributed by atoms with van der Waals surface area (Å²) in [6.07, 6.45) is 1.20. The van der Waals surface area contributed by atoms with E-state index in [9.17, 15) is 4.79 Å². The molecule has 1 saturated heterocycles. The van der Waals surface area contributed by atoms with E-state index in [4.69, 9.17) is 11.6 Å². The van der Waals surface area contributed by atoms with E-state index in [1.807, 2.05) is 12.1 Å². The average molecular weight is 238 g/mol. The van der Waals surface area contributed by atoms with Crippen molar-refractivity contribution in [1.29, 1.82) is 0 Å². The molecule has 0 aliphatic carbocycles. The minimum Gasteiger partial charge on any atom is -0.296 e. The molecule has 1 heterocycles. The van der Waals surface area contributed by atoms with Crippen molar-refractivity contribution in [2.75, 3.05) is 19.6 Å². The van der Waals surface area contributed by atoms with Crippen LogP contribution in [0.5, 0.6) is 0 Å². The monoisotopic (exact) mass is 237 g/mol. The van der Waals surface area contributed by atoms with Crippen LogP contribution >= 0.6 is 11.6 Å². The topological polar surface area (TPSA) is 20.3 Å². The van der Waals surface area contributed by atoms with E-state index in [-0.39, 0.29) is 5.78 Å². The van der Waals surface area contributed by atoms with Gasteiger partial charge in [-0.1, -0.05) is 30.7 Å². The van der Waals surface area contributed by atoms with Gasteiger partial charge in [-0.3, -0.25) is 9.69 Å². The summed E-state index contributed by atoms with van der Waals surface area (Å²) in [6, 6.07) is 7.18. The Kier molecular flexibility index (Phi) is 3.62. The second-order valence-electron chi connectivity index (χ2n) is 4.56. The smallest absolute Gasteiger partial charge is 0.176 e. The first-order chi connectivity index (χ1) is 7.65. The van der Waals surface area contributed by atoms with Crippen molar-refractivity contribution in [3.8, 4) is 0 Å². The van der Waals surface area contributed by atoms with Gasteiger partial charge in [-0.05, 0) is 31.0 Å². The molecular formula is C13H16ClNO. The lowest BCUT2D eigenvalue weighted by molar-refractivity contribution is 0.0943. The van der Waals surface area contributed by atoms with Crippen LogP contribution in [0.25, 0.3) is 0 Å². The molecule has 1 aliphatic heterocycles. The van der Waals surface area contributed by atoms with Gasteiger partial charge in [0.2, 0.25) is 0 Å². The van der Waals surface area contributed by atoms with Gasteiger partial charge in [0, 0.05) is 17.1 Å². The van der Waals surface area contributed by atoms with Crippen LogP contribution in [0.3, 0.4) is 0 Å². The molecule has 1 aromatic carbocycles. The Bertz CT molecular complexity index is 391. The zero-order valence-electron chi connectivity index (χ0n) is 9.45. The fraction of sp³-hybridized carbons (Fsp3) is 0.462. The number of hydrogen-bond donors (Lipinski definition) is 0. The lowest BCUT2D eigenvalue weighted by Crippen LogP contribution is -2.27. The van der Waals surface area contributed by atoms with E-state index in [2.05, 4.69) is 11.8 Å². The van der Waals surface area contributed by atoms with E-state index >= 15 is 0 Å². The molecule has 16 heavy (non-hydrogen) atoms. The van der Waals surface area contributed by atoms with Crippen LogP contribution in [-0.2, 0) is 0 Å². The van der Waals surface area contributed by atoms with E-state index < -0.39 is 0 Å². The van der Waals surface area contributed by atoms with E-state index in [1.54, 1.807) is 12.1 Å². The molecule has 0 spiro atoms. The zero-order chi connectivity index (χ0) is 11.5. The standard InChI is InChI=1S/C13H16ClNO/c1-10-5-6-15(8-10)9-13(16)11-3-2-4-12(14)7-11/h2-4,7,10H,5-6,8-9H2,1H3. The van der Waals surface area contributed by atoms with Crippen LogP contribution in [0.1, 0.15) is 23.7 Å². The molecule has 0 N–H and O–H groups in total. The fourth-order valence-corrected chi connectivity index (χ4v) is 2.32. The summed E-state index contributed by atoms with van der Waals surface area (Å²) >= 11 is 5.86. The molecule has 0 radical (unpaired) electrons. The Hall–Kier alpha value is -0.860. The molecule has 0 saturated carbocycles. The maximum absolute atomic E-state index is 12.0. The van der Waals surface area contributed by atoms with Gasteiger partial charge in [-0.15, -0.1) is 0 Å². The molecule has 1 atom stereocenters. The quantitative estimate of drug-likeness (QED) is 0.754. The Balaban J connectivity index is 1.98. The Morgan fingerprint density at radius 3 is 3.00 bits per heavy atom. The third-order valence-corrected chi connectivity index (χ3v) is 3.26. The molecule has 2 rings (SSSR count). The summed E-state index contributed by atoms with van der Waals surface area (Å²) < 4.78 is 0. The summed E-state index contributed by atoms with van der Waals surface area (Å²) in [7, 11) is 0. The maximum Gasteiger partial charge on any atom is 0.176 e. The SMILES string of the molecule is CC1CCN(CC(=O)c2cccc(Cl)c2)C1. The minimum absolute atomic E-state index is 0.164. The molecule has 1 aliphatic rings. The molecule has 1 fully saturated rings. The molecule has 0 bridgehead atoms. The first-order valence-corrected chi connectivity index (χ1v) is 6.04. The van der Waals surface area contributed by atoms with Gasteiger partial charge in [-0.25, -0.2) is 0 Å². The number of Topliss-reactive ketones (excluding diaryl/α,β-unsaturated/α-hetero) is 1. The normalized spacial score (nSPS) is 21.2. The minimum atomic E-state index is 0.164. The van der Waals surface area contributed by atoms with E-state index in [1.165, 1.54) is 6.42 Å². The van der Waals surface area contributed by atoms with Gasteiger partial charge < -0.3 is 0 Å². The number of ketones is 1. The maximum atomic E-state index is 12.0. The number of likely N-dealkylation sites (tertiary alicyclic amines) is 1. The predicted molar refractivity (Wildman–Crippen MR) is 66.0 cm³/mol. The number of carbonyl (C=O) groups is 1. The molecule has 1 aromatic rings. The van der Waals surface area contributed by atoms with Gasteiger partial charge in [0.1, 0.15) is 0 Å². The van der Waals surface area contributed by atoms with Gasteiger partial charge in [0.05, 0.1) is 6.54 Å². The van der Waals surface area contributed by atoms with Crippen LogP contribution in [-0.4, -0.2) is 30.3 Å². The first-order valence-electron chi connectivity index (χ1n) is 5.66. The number of nitrogens with zero attached hydrogens (tertiary/aromatic N) is 1. The summed E-state index contributed by atoms with van der Waals surface area (Å²) in [5.41, 5.74) is 0.715. The van der Waals surface area contributed by atoms with Crippen molar-refractivity contribution in [3.63, 3.8) is 0 Å². The van der Waals surface area contributed by atoms with Crippen LogP contribution in [0.2, 0.25) is 5.02 Å². The summed E-state index contributed by atoms with van der Waals surface area (Å²) in [4.78, 5) is 14.2. The van der Waals surface area contributed by atoms with E-state index in [0.29, 0.717) is 23.0 Å². The predicted octanol–water partition coefficient (Wildman–Crippen LogP) is 2.86. The summed E-state index contributed by atoms with van der Waals surface area (Å²) in [5, 5.41) is 0.626. The van der Waals surface area contributed by atoms with Crippen LogP contribution in [0.15, 0.2) is 24.3 Å². The van der Waals surface area contributed by atoms with Crippen LogP contribution in [0, 0.1) is 5.92 Å². The number of benzene rings is 1. The molecule has 0 aromatic heterocycles. The number of rotatable bonds is 3. The summed E-state index contributed by atoms with van der Waals surface area (Å²) in [6.45, 7) is 4.81. The Morgan fingerprint density at radius 1 is 1.56 bits per heavy atom. The van der Waals surface area contributed by atoms with Crippen molar-refractivity contribution in [1.82, 2.24) is 4.90 Å². The average Bonchev–Trinajstić information content (AvgIpc) is 2.64. The van der Waals surface area contributed by atoms with Crippen molar-refractivity contribution < 1.29 is 4.79 Å². The lowest BCUT2D eigenvalue weighted by atomic mass is 10.1. The van der Waals surface area contributed by atoms with E-state index in [0.717, 1.165) is 13.1 Å². The lowest BCUT2D eigenvalue weighted by Gasteiger charge is -2.13. The van der Waals surface area contributed by atoms with Gasteiger partial charge in [0.15, 0.2) is 5.78 Å². The van der Waals surface area contributed by atoms with Crippen molar-refractivity contribution in [2.24, 2.45) is 5.92 Å². The van der Waals surface area contributed by atoms with Crippen LogP contribution < -0.4 is 0 Å². The first kappa shape index (κ1) is 11.6. The Labute approximate surface area is 101 Å². The highest BCUT2D eigenvalue weighted by atomic mass is 35.5. The molecule has 2 nitrogen and oxygen atoms in total. The molecule has 3 heteroatoms. The third kappa shape index (κ3) is 2.83. The van der Waals surface area contributed by atoms with Gasteiger partial charge in [-0.2, -0.15) is 0 Å². The molecular weight excluding hydrogens is 222 g/mol. The van der Waals surface area contributed by atoms with Crippen LogP contribution in [0.4, 0.5) is 0 Å². The third-order valence-electron chi connectivity index (χ3n) is 3.02.